The van der Waals surface area contributed by atoms with Crippen molar-refractivity contribution in [2.75, 3.05) is 25.0 Å². The van der Waals surface area contributed by atoms with Gasteiger partial charge in [0.25, 0.3) is 0 Å². The second-order valence-electron chi connectivity index (χ2n) is 6.50. The first kappa shape index (κ1) is 27.4. The maximum atomic E-state index is 14.9. The van der Waals surface area contributed by atoms with E-state index in [0.29, 0.717) is 0 Å². The number of hydrogen-bond acceptors (Lipinski definition) is 7. The van der Waals surface area contributed by atoms with Crippen molar-refractivity contribution >= 4 is 41.5 Å². The van der Waals surface area contributed by atoms with Crippen LogP contribution in [0.4, 0.5) is 18.9 Å². The molecular weight excluding hydrogens is 467 g/mol. The van der Waals surface area contributed by atoms with Crippen molar-refractivity contribution in [2.24, 2.45) is 10.7 Å². The number of carbonyl (C=O) groups excluding carboxylic acids is 2. The molecule has 0 unspecified atom stereocenters. The molecule has 1 aliphatic heterocycles. The zero-order valence-electron chi connectivity index (χ0n) is 17.1. The highest BCUT2D eigenvalue weighted by molar-refractivity contribution is 6.43. The molecule has 0 aliphatic carbocycles. The first-order valence-corrected chi connectivity index (χ1v) is 9.24. The number of guanidine groups is 1. The number of carbonyl (C=O) groups is 2. The summed E-state index contributed by atoms with van der Waals surface area (Å²) in [5, 5.41) is 20.7. The molecule has 10 nitrogen and oxygen atoms in total. The van der Waals surface area contributed by atoms with E-state index in [0.717, 1.165) is 12.3 Å². The Hall–Kier alpha value is -3.63. The molecule has 1 heterocycles. The van der Waals surface area contributed by atoms with Gasteiger partial charge in [0.2, 0.25) is 11.9 Å². The molecule has 33 heavy (non-hydrogen) atoms. The van der Waals surface area contributed by atoms with E-state index in [1.807, 2.05) is 0 Å². The Balaban J connectivity index is 0.00000544. The van der Waals surface area contributed by atoms with Gasteiger partial charge in [-0.25, -0.2) is 9.87 Å². The van der Waals surface area contributed by atoms with Crippen LogP contribution in [0.1, 0.15) is 17.5 Å². The van der Waals surface area contributed by atoms with Crippen molar-refractivity contribution in [1.29, 1.82) is 10.7 Å². The van der Waals surface area contributed by atoms with Crippen molar-refractivity contribution in [3.8, 4) is 6.07 Å². The highest BCUT2D eigenvalue weighted by Gasteiger charge is 2.40. The number of aliphatic imine (C=N–C) groups is 1. The molecule has 0 radical (unpaired) electrons. The maximum Gasteiger partial charge on any atom is 0.309 e. The fourth-order valence-electron chi connectivity index (χ4n) is 2.67. The van der Waals surface area contributed by atoms with Crippen LogP contribution in [0.5, 0.6) is 0 Å². The fourth-order valence-corrected chi connectivity index (χ4v) is 2.67. The lowest BCUT2D eigenvalue weighted by Crippen LogP contribution is -2.41. The van der Waals surface area contributed by atoms with Gasteiger partial charge in [-0.15, -0.1) is 12.4 Å². The number of hydroxylamine groups is 1. The second kappa shape index (κ2) is 12.4. The highest BCUT2D eigenvalue weighted by Crippen LogP contribution is 2.25. The van der Waals surface area contributed by atoms with E-state index in [-0.39, 0.29) is 48.8 Å². The van der Waals surface area contributed by atoms with Crippen LogP contribution in [0.2, 0.25) is 0 Å². The van der Waals surface area contributed by atoms with Gasteiger partial charge in [-0.05, 0) is 12.1 Å². The lowest BCUT2D eigenvalue weighted by molar-refractivity contribution is -0.120. The molecule has 0 spiro atoms. The minimum absolute atomic E-state index is 0. The van der Waals surface area contributed by atoms with E-state index in [1.165, 1.54) is 12.1 Å². The zero-order valence-corrected chi connectivity index (χ0v) is 17.9. The summed E-state index contributed by atoms with van der Waals surface area (Å²) < 4.78 is 43.6. The van der Waals surface area contributed by atoms with Gasteiger partial charge in [0, 0.05) is 24.7 Å². The Kier molecular flexibility index (Phi) is 10.3. The van der Waals surface area contributed by atoms with Crippen LogP contribution in [0.15, 0.2) is 29.4 Å². The zero-order chi connectivity index (χ0) is 23.7. The highest BCUT2D eigenvalue weighted by atomic mass is 35.5. The average Bonchev–Trinajstić information content (AvgIpc) is 2.74. The van der Waals surface area contributed by atoms with Crippen LogP contribution in [-0.4, -0.2) is 49.0 Å². The standard InChI is InChI=1S/C19H20F3N7O3.ClH/c20-16-12(8-15(31)26-6-7-32-29-18(24)25)11(9-23)3-4-13(16)28-10-19(21,22)17-14(30)2-1-5-27-17;/h1,3-5,28H,2,6-8,10H2,(H,26,31)(H4,24,25,29);1H. The maximum absolute atomic E-state index is 14.9. The number of allylic oxidation sites excluding steroid dienone is 1. The van der Waals surface area contributed by atoms with Gasteiger partial charge in [0.1, 0.15) is 0 Å². The number of benzene rings is 1. The number of anilines is 1. The lowest BCUT2D eigenvalue weighted by Gasteiger charge is -2.20. The molecule has 0 saturated carbocycles. The van der Waals surface area contributed by atoms with Crippen molar-refractivity contribution in [1.82, 2.24) is 10.8 Å². The van der Waals surface area contributed by atoms with E-state index in [4.69, 9.17) is 16.0 Å². The molecule has 1 amide bonds. The van der Waals surface area contributed by atoms with E-state index in [2.05, 4.69) is 21.1 Å². The van der Waals surface area contributed by atoms with Crippen LogP contribution in [-0.2, 0) is 20.8 Å². The number of hydrogen-bond donors (Lipinski definition) is 5. The van der Waals surface area contributed by atoms with Crippen LogP contribution >= 0.6 is 12.4 Å². The van der Waals surface area contributed by atoms with Gasteiger partial charge >= 0.3 is 5.92 Å². The quantitative estimate of drug-likeness (QED) is 0.143. The summed E-state index contributed by atoms with van der Waals surface area (Å²) in [6.45, 7) is -1.16. The molecule has 1 aliphatic rings. The Morgan fingerprint density at radius 1 is 1.39 bits per heavy atom. The third kappa shape index (κ3) is 7.78. The molecule has 0 saturated heterocycles. The number of nitrogens with one attached hydrogen (secondary N) is 4. The number of nitriles is 1. The number of Topliss-reactive ketones (excluding diaryl/α,β-unsaturated/α-hetero) is 1. The van der Waals surface area contributed by atoms with Gasteiger partial charge in [-0.3, -0.25) is 24.8 Å². The monoisotopic (exact) mass is 487 g/mol. The SMILES string of the molecule is Cl.N#Cc1ccc(NCC(F)(F)C2=NC=CCC2=O)c(F)c1CC(=O)NCCONC(=N)N. The Bertz CT molecular complexity index is 1010. The molecular formula is C19H21ClF3N7O3. The topological polar surface area (TPSA) is 165 Å². The third-order valence-corrected chi connectivity index (χ3v) is 4.13. The van der Waals surface area contributed by atoms with Gasteiger partial charge in [0.15, 0.2) is 17.3 Å². The molecule has 0 bridgehead atoms. The van der Waals surface area contributed by atoms with Crippen molar-refractivity contribution in [3.63, 3.8) is 0 Å². The number of ketones is 1. The van der Waals surface area contributed by atoms with Crippen LogP contribution in [0.25, 0.3) is 0 Å². The Labute approximate surface area is 192 Å². The normalized spacial score (nSPS) is 12.8. The summed E-state index contributed by atoms with van der Waals surface area (Å²) in [4.78, 5) is 31.9. The third-order valence-electron chi connectivity index (χ3n) is 4.13. The van der Waals surface area contributed by atoms with Crippen molar-refractivity contribution < 1.29 is 27.6 Å². The number of amides is 1. The minimum Gasteiger partial charge on any atom is -0.376 e. The predicted octanol–water partition coefficient (Wildman–Crippen LogP) is 1.17. The van der Waals surface area contributed by atoms with Crippen molar-refractivity contribution in [2.45, 2.75) is 18.8 Å². The summed E-state index contributed by atoms with van der Waals surface area (Å²) in [5.41, 5.74) is 5.36. The Morgan fingerprint density at radius 3 is 2.76 bits per heavy atom. The smallest absolute Gasteiger partial charge is 0.309 e. The Morgan fingerprint density at radius 2 is 2.12 bits per heavy atom. The average molecular weight is 488 g/mol. The van der Waals surface area contributed by atoms with Crippen LogP contribution in [0, 0.1) is 22.6 Å². The first-order chi connectivity index (χ1) is 15.2. The molecule has 178 valence electrons. The predicted molar refractivity (Wildman–Crippen MR) is 116 cm³/mol. The second-order valence-corrected chi connectivity index (χ2v) is 6.50. The van der Waals surface area contributed by atoms with E-state index >= 15 is 0 Å². The molecule has 1 aromatic rings. The molecule has 2 rings (SSSR count). The molecule has 1 aromatic carbocycles. The van der Waals surface area contributed by atoms with Crippen LogP contribution in [0.3, 0.4) is 0 Å². The molecule has 0 aromatic heterocycles. The molecule has 14 heteroatoms. The van der Waals surface area contributed by atoms with Crippen molar-refractivity contribution in [3.05, 3.63) is 41.4 Å². The number of rotatable bonds is 10. The van der Waals surface area contributed by atoms with Gasteiger partial charge in [-0.2, -0.15) is 14.0 Å². The van der Waals surface area contributed by atoms with E-state index in [9.17, 15) is 28.0 Å². The molecule has 0 atom stereocenters. The number of halogens is 4. The molecule has 6 N–H and O–H groups in total. The summed E-state index contributed by atoms with van der Waals surface area (Å²) in [6, 6.07) is 4.04. The fraction of sp³-hybridized carbons (Fsp3) is 0.316. The number of nitrogens with zero attached hydrogens (tertiary/aromatic N) is 2. The summed E-state index contributed by atoms with van der Waals surface area (Å²) in [5.74, 6) is -6.61. The molecule has 0 fully saturated rings. The van der Waals surface area contributed by atoms with Gasteiger partial charge in [0.05, 0.1) is 36.9 Å². The van der Waals surface area contributed by atoms with E-state index < -0.39 is 48.1 Å². The largest absolute Gasteiger partial charge is 0.376 e. The summed E-state index contributed by atoms with van der Waals surface area (Å²) in [7, 11) is 0. The minimum atomic E-state index is -3.66. The summed E-state index contributed by atoms with van der Waals surface area (Å²) in [6.07, 6.45) is 1.72. The van der Waals surface area contributed by atoms with Gasteiger partial charge in [-0.1, -0.05) is 6.08 Å². The lowest BCUT2D eigenvalue weighted by atomic mass is 10.0. The summed E-state index contributed by atoms with van der Waals surface area (Å²) >= 11 is 0. The van der Waals surface area contributed by atoms with Crippen LogP contribution < -0.4 is 21.8 Å². The van der Waals surface area contributed by atoms with Gasteiger partial charge < -0.3 is 16.4 Å². The number of nitrogens with two attached hydrogens (primary N) is 1. The number of alkyl halides is 2. The first-order valence-electron chi connectivity index (χ1n) is 9.24. The van der Waals surface area contributed by atoms with E-state index in [1.54, 1.807) is 6.07 Å².